The second-order valence-corrected chi connectivity index (χ2v) is 8.26. The lowest BCUT2D eigenvalue weighted by atomic mass is 10.0. The normalized spacial score (nSPS) is 13.1. The van der Waals surface area contributed by atoms with Gasteiger partial charge in [0.25, 0.3) is 5.91 Å². The van der Waals surface area contributed by atoms with Crippen molar-refractivity contribution in [1.29, 1.82) is 0 Å². The van der Waals surface area contributed by atoms with Crippen molar-refractivity contribution >= 4 is 33.8 Å². The molecule has 0 bridgehead atoms. The zero-order chi connectivity index (χ0) is 20.9. The largest absolute Gasteiger partial charge is 0.317 e. The first kappa shape index (κ1) is 18.0. The molecule has 2 aromatic heterocycles. The molecule has 0 aliphatic heterocycles. The van der Waals surface area contributed by atoms with Crippen LogP contribution < -0.4 is 0 Å². The van der Waals surface area contributed by atoms with E-state index in [4.69, 9.17) is 0 Å². The Kier molecular flexibility index (Phi) is 3.97. The first-order valence-electron chi connectivity index (χ1n) is 10.7. The Labute approximate surface area is 180 Å². The second kappa shape index (κ2) is 6.85. The molecule has 0 N–H and O–H groups in total. The van der Waals surface area contributed by atoms with Gasteiger partial charge in [-0.15, -0.1) is 0 Å². The van der Waals surface area contributed by atoms with Gasteiger partial charge in [-0.05, 0) is 73.9 Å². The maximum atomic E-state index is 13.6. The average Bonchev–Trinajstić information content (AvgIpc) is 3.37. The molecule has 0 atom stereocenters. The van der Waals surface area contributed by atoms with Crippen molar-refractivity contribution in [1.82, 2.24) is 9.13 Å². The SMILES string of the molecule is Cc1ccc(C(=O)n2c3c(c4cc5c(ccn5-c5ccccc5)cc42)CCC=C3)cc1. The summed E-state index contributed by atoms with van der Waals surface area (Å²) in [6, 6.07) is 24.8. The van der Waals surface area contributed by atoms with Gasteiger partial charge in [0.05, 0.1) is 16.7 Å². The third-order valence-electron chi connectivity index (χ3n) is 6.30. The van der Waals surface area contributed by atoms with Gasteiger partial charge in [-0.1, -0.05) is 42.0 Å². The van der Waals surface area contributed by atoms with E-state index in [2.05, 4.69) is 65.4 Å². The summed E-state index contributed by atoms with van der Waals surface area (Å²) in [5.74, 6) is 0.0274. The molecule has 1 aliphatic carbocycles. The Morgan fingerprint density at radius 3 is 2.52 bits per heavy atom. The molecule has 0 unspecified atom stereocenters. The van der Waals surface area contributed by atoms with Crippen LogP contribution in [-0.2, 0) is 6.42 Å². The van der Waals surface area contributed by atoms with E-state index in [1.165, 1.54) is 10.9 Å². The minimum absolute atomic E-state index is 0.0274. The molecule has 3 nitrogen and oxygen atoms in total. The van der Waals surface area contributed by atoms with Crippen LogP contribution in [0.1, 0.15) is 33.6 Å². The van der Waals surface area contributed by atoms with E-state index in [9.17, 15) is 4.79 Å². The standard InChI is InChI=1S/C28H22N2O/c1-19-11-13-20(14-12-19)28(31)30-25-10-6-5-9-23(25)24-18-26-21(17-27(24)30)15-16-29(26)22-7-3-2-4-8-22/h2-4,6-8,10-18H,5,9H2,1H3. The van der Waals surface area contributed by atoms with Crippen molar-refractivity contribution < 1.29 is 4.79 Å². The van der Waals surface area contributed by atoms with E-state index in [0.29, 0.717) is 5.56 Å². The summed E-state index contributed by atoms with van der Waals surface area (Å²) in [6.07, 6.45) is 8.35. The lowest BCUT2D eigenvalue weighted by Gasteiger charge is -2.11. The smallest absolute Gasteiger partial charge is 0.262 e. The number of allylic oxidation sites excluding steroid dienone is 1. The lowest BCUT2D eigenvalue weighted by molar-refractivity contribution is 0.0964. The summed E-state index contributed by atoms with van der Waals surface area (Å²) >= 11 is 0. The number of rotatable bonds is 2. The van der Waals surface area contributed by atoms with E-state index >= 15 is 0 Å². The predicted octanol–water partition coefficient (Wildman–Crippen LogP) is 6.54. The Morgan fingerprint density at radius 1 is 0.903 bits per heavy atom. The van der Waals surface area contributed by atoms with Crippen LogP contribution in [0, 0.1) is 6.92 Å². The molecule has 0 saturated carbocycles. The Morgan fingerprint density at radius 2 is 1.71 bits per heavy atom. The van der Waals surface area contributed by atoms with Gasteiger partial charge >= 0.3 is 0 Å². The Balaban J connectivity index is 1.62. The molecule has 3 aromatic carbocycles. The number of hydrogen-bond acceptors (Lipinski definition) is 1. The van der Waals surface area contributed by atoms with Crippen molar-refractivity contribution in [2.75, 3.05) is 0 Å². The summed E-state index contributed by atoms with van der Waals surface area (Å²) < 4.78 is 4.13. The highest BCUT2D eigenvalue weighted by atomic mass is 16.2. The van der Waals surface area contributed by atoms with Crippen LogP contribution in [0.4, 0.5) is 0 Å². The van der Waals surface area contributed by atoms with Crippen molar-refractivity contribution in [3.8, 4) is 5.69 Å². The zero-order valence-electron chi connectivity index (χ0n) is 17.4. The summed E-state index contributed by atoms with van der Waals surface area (Å²) in [6.45, 7) is 2.04. The van der Waals surface area contributed by atoms with Gasteiger partial charge in [0.1, 0.15) is 0 Å². The predicted molar refractivity (Wildman–Crippen MR) is 127 cm³/mol. The number of nitrogens with zero attached hydrogens (tertiary/aromatic N) is 2. The first-order chi connectivity index (χ1) is 15.2. The van der Waals surface area contributed by atoms with E-state index < -0.39 is 0 Å². The Hall–Kier alpha value is -3.85. The zero-order valence-corrected chi connectivity index (χ0v) is 17.4. The average molecular weight is 402 g/mol. The third-order valence-corrected chi connectivity index (χ3v) is 6.30. The molecule has 0 fully saturated rings. The number of hydrogen-bond donors (Lipinski definition) is 0. The van der Waals surface area contributed by atoms with Gasteiger partial charge in [0.2, 0.25) is 0 Å². The minimum atomic E-state index is 0.0274. The number of aryl methyl sites for hydroxylation is 2. The summed E-state index contributed by atoms with van der Waals surface area (Å²) in [4.78, 5) is 13.6. The van der Waals surface area contributed by atoms with Crippen LogP contribution >= 0.6 is 0 Å². The molecule has 6 rings (SSSR count). The van der Waals surface area contributed by atoms with Crippen LogP contribution in [-0.4, -0.2) is 15.0 Å². The van der Waals surface area contributed by atoms with Crippen molar-refractivity contribution in [2.45, 2.75) is 19.8 Å². The quantitative estimate of drug-likeness (QED) is 0.329. The van der Waals surface area contributed by atoms with Gasteiger partial charge in [-0.3, -0.25) is 9.36 Å². The van der Waals surface area contributed by atoms with E-state index in [-0.39, 0.29) is 5.91 Å². The summed E-state index contributed by atoms with van der Waals surface area (Å²) in [5.41, 5.74) is 7.44. The van der Waals surface area contributed by atoms with Crippen LogP contribution in [0.5, 0.6) is 0 Å². The van der Waals surface area contributed by atoms with Gasteiger partial charge in [-0.2, -0.15) is 0 Å². The molecule has 3 heteroatoms. The van der Waals surface area contributed by atoms with Crippen molar-refractivity contribution in [3.63, 3.8) is 0 Å². The fraction of sp³-hybridized carbons (Fsp3) is 0.107. The topological polar surface area (TPSA) is 26.9 Å². The van der Waals surface area contributed by atoms with Gasteiger partial charge < -0.3 is 4.57 Å². The molecular formula is C28H22N2O. The molecule has 5 aromatic rings. The maximum absolute atomic E-state index is 13.6. The molecule has 31 heavy (non-hydrogen) atoms. The summed E-state index contributed by atoms with van der Waals surface area (Å²) in [7, 11) is 0. The highest BCUT2D eigenvalue weighted by Gasteiger charge is 2.23. The Bertz CT molecular complexity index is 1480. The van der Waals surface area contributed by atoms with Gasteiger partial charge in [-0.25, -0.2) is 0 Å². The van der Waals surface area contributed by atoms with Crippen LogP contribution in [0.3, 0.4) is 0 Å². The van der Waals surface area contributed by atoms with E-state index in [1.54, 1.807) is 0 Å². The number of carbonyl (C=O) groups excluding carboxylic acids is 1. The number of para-hydroxylation sites is 1. The fourth-order valence-electron chi connectivity index (χ4n) is 4.72. The molecule has 1 aliphatic rings. The van der Waals surface area contributed by atoms with Crippen LogP contribution in [0.15, 0.2) is 85.1 Å². The van der Waals surface area contributed by atoms with E-state index in [0.717, 1.165) is 46.2 Å². The maximum Gasteiger partial charge on any atom is 0.262 e. The number of benzene rings is 3. The second-order valence-electron chi connectivity index (χ2n) is 8.26. The monoisotopic (exact) mass is 402 g/mol. The highest BCUT2D eigenvalue weighted by Crippen LogP contribution is 2.35. The highest BCUT2D eigenvalue weighted by molar-refractivity contribution is 6.09. The third kappa shape index (κ3) is 2.77. The number of fused-ring (bicyclic) bond motifs is 4. The number of aromatic nitrogens is 2. The van der Waals surface area contributed by atoms with Crippen molar-refractivity contribution in [3.05, 3.63) is 107 Å². The molecular weight excluding hydrogens is 380 g/mol. The molecule has 150 valence electrons. The van der Waals surface area contributed by atoms with Crippen LogP contribution in [0.25, 0.3) is 33.6 Å². The molecule has 0 amide bonds. The number of carbonyl (C=O) groups is 1. The minimum Gasteiger partial charge on any atom is -0.317 e. The van der Waals surface area contributed by atoms with Gasteiger partial charge in [0.15, 0.2) is 0 Å². The van der Waals surface area contributed by atoms with E-state index in [1.807, 2.05) is 41.8 Å². The molecule has 2 heterocycles. The first-order valence-corrected chi connectivity index (χ1v) is 10.7. The summed E-state index contributed by atoms with van der Waals surface area (Å²) in [5, 5.41) is 2.30. The molecule has 0 radical (unpaired) electrons. The molecule has 0 spiro atoms. The molecule has 0 saturated heterocycles. The lowest BCUT2D eigenvalue weighted by Crippen LogP contribution is -2.14. The van der Waals surface area contributed by atoms with Gasteiger partial charge in [0, 0.05) is 28.2 Å². The fourth-order valence-corrected chi connectivity index (χ4v) is 4.72. The van der Waals surface area contributed by atoms with Crippen molar-refractivity contribution in [2.24, 2.45) is 0 Å². The van der Waals surface area contributed by atoms with Crippen LogP contribution in [0.2, 0.25) is 0 Å².